The van der Waals surface area contributed by atoms with Crippen molar-refractivity contribution in [2.45, 2.75) is 44.8 Å². The molecule has 2 aromatic carbocycles. The molecule has 0 spiro atoms. The van der Waals surface area contributed by atoms with Crippen LogP contribution in [0.4, 0.5) is 0 Å². The first-order valence-electron chi connectivity index (χ1n) is 10.0. The molecule has 1 N–H and O–H groups in total. The molecular formula is C23H22BrClN2O2S. The first kappa shape index (κ1) is 21.3. The molecule has 1 saturated heterocycles. The van der Waals surface area contributed by atoms with Crippen LogP contribution in [0.1, 0.15) is 43.2 Å². The number of rotatable bonds is 5. The van der Waals surface area contributed by atoms with Crippen molar-refractivity contribution < 1.29 is 9.53 Å². The molecule has 2 aliphatic rings. The summed E-state index contributed by atoms with van der Waals surface area (Å²) >= 11 is 15.3. The second-order valence-corrected chi connectivity index (χ2v) is 9.27. The van der Waals surface area contributed by atoms with Gasteiger partial charge in [0.15, 0.2) is 5.11 Å². The maximum Gasteiger partial charge on any atom is 0.276 e. The quantitative estimate of drug-likeness (QED) is 0.395. The molecule has 30 heavy (non-hydrogen) atoms. The molecule has 1 saturated carbocycles. The van der Waals surface area contributed by atoms with Crippen LogP contribution in [-0.4, -0.2) is 22.0 Å². The number of amides is 1. The van der Waals surface area contributed by atoms with Gasteiger partial charge in [-0.05, 0) is 66.5 Å². The van der Waals surface area contributed by atoms with Crippen molar-refractivity contribution in [1.82, 2.24) is 10.2 Å². The Morgan fingerprint density at radius 1 is 1.17 bits per heavy atom. The van der Waals surface area contributed by atoms with E-state index in [4.69, 9.17) is 28.6 Å². The molecular weight excluding hydrogens is 484 g/mol. The molecule has 1 heterocycles. The molecule has 0 aromatic heterocycles. The lowest BCUT2D eigenvalue weighted by atomic mass is 9.94. The number of hydrogen-bond donors (Lipinski definition) is 1. The normalized spacial score (nSPS) is 18.7. The zero-order chi connectivity index (χ0) is 21.1. The average Bonchev–Trinajstić information content (AvgIpc) is 3.02. The van der Waals surface area contributed by atoms with Gasteiger partial charge in [0.1, 0.15) is 18.1 Å². The van der Waals surface area contributed by atoms with Crippen molar-refractivity contribution in [2.75, 3.05) is 0 Å². The van der Waals surface area contributed by atoms with E-state index >= 15 is 0 Å². The van der Waals surface area contributed by atoms with Gasteiger partial charge in [-0.3, -0.25) is 9.69 Å². The van der Waals surface area contributed by atoms with E-state index in [0.717, 1.165) is 41.3 Å². The summed E-state index contributed by atoms with van der Waals surface area (Å²) in [7, 11) is 0. The maximum atomic E-state index is 12.9. The van der Waals surface area contributed by atoms with Crippen LogP contribution in [0, 0.1) is 0 Å². The summed E-state index contributed by atoms with van der Waals surface area (Å²) in [6.45, 7) is 0.429. The molecule has 1 amide bonds. The molecule has 1 aliphatic carbocycles. The number of thiocarbonyl (C=S) groups is 1. The van der Waals surface area contributed by atoms with Crippen LogP contribution in [-0.2, 0) is 11.4 Å². The zero-order valence-electron chi connectivity index (χ0n) is 16.4. The molecule has 0 unspecified atom stereocenters. The SMILES string of the molecule is O=C1/C(=C/c2ccc(OCc3ccc(Br)cc3)c(Cl)c2)NC(=S)N1C1CCCCC1. The average molecular weight is 506 g/mol. The van der Waals surface area contributed by atoms with Gasteiger partial charge in [-0.15, -0.1) is 0 Å². The van der Waals surface area contributed by atoms with Crippen LogP contribution < -0.4 is 10.1 Å². The minimum absolute atomic E-state index is 0.0569. The maximum absolute atomic E-state index is 12.9. The largest absolute Gasteiger partial charge is 0.487 e. The van der Waals surface area contributed by atoms with Crippen molar-refractivity contribution >= 4 is 56.8 Å². The summed E-state index contributed by atoms with van der Waals surface area (Å²) in [5.74, 6) is 0.547. The van der Waals surface area contributed by atoms with Gasteiger partial charge in [0.2, 0.25) is 0 Å². The lowest BCUT2D eigenvalue weighted by molar-refractivity contribution is -0.124. The monoisotopic (exact) mass is 504 g/mol. The summed E-state index contributed by atoms with van der Waals surface area (Å²) in [5, 5.41) is 4.07. The minimum atomic E-state index is -0.0569. The van der Waals surface area contributed by atoms with E-state index in [1.165, 1.54) is 6.42 Å². The van der Waals surface area contributed by atoms with Gasteiger partial charge in [-0.1, -0.05) is 65.0 Å². The Labute approximate surface area is 195 Å². The molecule has 2 fully saturated rings. The number of halogens is 2. The third-order valence-electron chi connectivity index (χ3n) is 5.42. The standard InChI is InChI=1S/C23H22BrClN2O2S/c24-17-9-6-15(7-10-17)14-29-21-11-8-16(12-19(21)25)13-20-22(28)27(23(30)26-20)18-4-2-1-3-5-18/h6-13,18H,1-5,14H2,(H,26,30)/b20-13-. The number of carbonyl (C=O) groups is 1. The number of nitrogens with zero attached hydrogens (tertiary/aromatic N) is 1. The van der Waals surface area contributed by atoms with Crippen molar-refractivity contribution in [3.63, 3.8) is 0 Å². The third kappa shape index (κ3) is 4.88. The fourth-order valence-corrected chi connectivity index (χ4v) is 4.70. The first-order valence-corrected chi connectivity index (χ1v) is 11.6. The van der Waals surface area contributed by atoms with Crippen molar-refractivity contribution in [3.8, 4) is 5.75 Å². The van der Waals surface area contributed by atoms with Crippen molar-refractivity contribution in [1.29, 1.82) is 0 Å². The number of benzene rings is 2. The summed E-state index contributed by atoms with van der Waals surface area (Å²) in [5.41, 5.74) is 2.36. The van der Waals surface area contributed by atoms with E-state index in [0.29, 0.717) is 28.2 Å². The fourth-order valence-electron chi connectivity index (χ4n) is 3.85. The smallest absolute Gasteiger partial charge is 0.276 e. The third-order valence-corrected chi connectivity index (χ3v) is 6.55. The Bertz CT molecular complexity index is 987. The number of hydrogen-bond acceptors (Lipinski definition) is 3. The molecule has 0 radical (unpaired) electrons. The highest BCUT2D eigenvalue weighted by molar-refractivity contribution is 9.10. The fraction of sp³-hybridized carbons (Fsp3) is 0.304. The second-order valence-electron chi connectivity index (χ2n) is 7.56. The van der Waals surface area contributed by atoms with Gasteiger partial charge in [-0.25, -0.2) is 0 Å². The number of ether oxygens (including phenoxy) is 1. The summed E-state index contributed by atoms with van der Waals surface area (Å²) in [4.78, 5) is 14.6. The van der Waals surface area contributed by atoms with E-state index in [-0.39, 0.29) is 11.9 Å². The Morgan fingerprint density at radius 2 is 1.90 bits per heavy atom. The van der Waals surface area contributed by atoms with Gasteiger partial charge < -0.3 is 10.1 Å². The van der Waals surface area contributed by atoms with Crippen LogP contribution in [0.5, 0.6) is 5.75 Å². The van der Waals surface area contributed by atoms with E-state index in [9.17, 15) is 4.79 Å². The second kappa shape index (κ2) is 9.50. The predicted molar refractivity (Wildman–Crippen MR) is 127 cm³/mol. The highest BCUT2D eigenvalue weighted by Gasteiger charge is 2.36. The van der Waals surface area contributed by atoms with Crippen LogP contribution in [0.25, 0.3) is 6.08 Å². The highest BCUT2D eigenvalue weighted by atomic mass is 79.9. The molecule has 2 aromatic rings. The topological polar surface area (TPSA) is 41.6 Å². The van der Waals surface area contributed by atoms with E-state index < -0.39 is 0 Å². The molecule has 1 aliphatic heterocycles. The van der Waals surface area contributed by atoms with Gasteiger partial charge in [0, 0.05) is 10.5 Å². The lowest BCUT2D eigenvalue weighted by Gasteiger charge is -2.29. The predicted octanol–water partition coefficient (Wildman–Crippen LogP) is 6.07. The Balaban J connectivity index is 1.44. The van der Waals surface area contributed by atoms with Crippen molar-refractivity contribution in [2.24, 2.45) is 0 Å². The minimum Gasteiger partial charge on any atom is -0.487 e. The summed E-state index contributed by atoms with van der Waals surface area (Å²) in [6, 6.07) is 13.7. The molecule has 4 nitrogen and oxygen atoms in total. The van der Waals surface area contributed by atoms with Gasteiger partial charge in [0.25, 0.3) is 5.91 Å². The van der Waals surface area contributed by atoms with Gasteiger partial charge in [-0.2, -0.15) is 0 Å². The first-order chi connectivity index (χ1) is 14.5. The van der Waals surface area contributed by atoms with Crippen molar-refractivity contribution in [3.05, 3.63) is 68.8 Å². The highest BCUT2D eigenvalue weighted by Crippen LogP contribution is 2.29. The molecule has 0 bridgehead atoms. The molecule has 0 atom stereocenters. The van der Waals surface area contributed by atoms with Crippen LogP contribution in [0.15, 0.2) is 52.6 Å². The molecule has 4 rings (SSSR count). The Hall–Kier alpha value is -1.89. The van der Waals surface area contributed by atoms with Crippen LogP contribution >= 0.6 is 39.7 Å². The van der Waals surface area contributed by atoms with Gasteiger partial charge in [0.05, 0.1) is 5.02 Å². The lowest BCUT2D eigenvalue weighted by Crippen LogP contribution is -2.41. The van der Waals surface area contributed by atoms with E-state index in [1.807, 2.05) is 36.4 Å². The van der Waals surface area contributed by atoms with Gasteiger partial charge >= 0.3 is 0 Å². The summed E-state index contributed by atoms with van der Waals surface area (Å²) in [6.07, 6.45) is 7.34. The van der Waals surface area contributed by atoms with Crippen LogP contribution in [0.3, 0.4) is 0 Å². The zero-order valence-corrected chi connectivity index (χ0v) is 19.5. The Kier molecular flexibility index (Phi) is 6.76. The van der Waals surface area contributed by atoms with Crippen LogP contribution in [0.2, 0.25) is 5.02 Å². The number of nitrogens with one attached hydrogen (secondary N) is 1. The van der Waals surface area contributed by atoms with E-state index in [2.05, 4.69) is 21.2 Å². The van der Waals surface area contributed by atoms with E-state index in [1.54, 1.807) is 17.0 Å². The Morgan fingerprint density at radius 3 is 2.60 bits per heavy atom. The molecule has 156 valence electrons. The molecule has 7 heteroatoms. The number of carbonyl (C=O) groups excluding carboxylic acids is 1. The summed E-state index contributed by atoms with van der Waals surface area (Å²) < 4.78 is 6.87.